The summed E-state index contributed by atoms with van der Waals surface area (Å²) in [5.41, 5.74) is 2.49. The Hall–Kier alpha value is -3.20. The third-order valence-corrected chi connectivity index (χ3v) is 4.58. The largest absolute Gasteiger partial charge is 0.507 e. The molecule has 9 heteroatoms. The van der Waals surface area contributed by atoms with Gasteiger partial charge in [-0.25, -0.2) is 4.79 Å². The van der Waals surface area contributed by atoms with Crippen molar-refractivity contribution in [2.75, 3.05) is 19.5 Å². The number of phenols is 1. The summed E-state index contributed by atoms with van der Waals surface area (Å²) < 4.78 is 23.6. The summed E-state index contributed by atoms with van der Waals surface area (Å²) in [7, 11) is 3.11. The van der Waals surface area contributed by atoms with Crippen molar-refractivity contribution in [2.24, 2.45) is 0 Å². The third-order valence-electron chi connectivity index (χ3n) is 4.58. The summed E-state index contributed by atoms with van der Waals surface area (Å²) in [5, 5.41) is 18.2. The molecule has 0 spiro atoms. The predicted molar refractivity (Wildman–Crippen MR) is 116 cm³/mol. The van der Waals surface area contributed by atoms with Crippen LogP contribution < -0.4 is 10.1 Å². The molecule has 3 aromatic rings. The maximum atomic E-state index is 12.4. The van der Waals surface area contributed by atoms with Gasteiger partial charge in [0.25, 0.3) is 0 Å². The van der Waals surface area contributed by atoms with Crippen molar-refractivity contribution < 1.29 is 28.5 Å². The normalized spacial score (nSPS) is 11.7. The quantitative estimate of drug-likeness (QED) is 0.584. The van der Waals surface area contributed by atoms with Gasteiger partial charge in [-0.1, -0.05) is 6.92 Å². The van der Waals surface area contributed by atoms with E-state index >= 15 is 0 Å². The molecule has 1 amide bonds. The van der Waals surface area contributed by atoms with E-state index in [0.717, 1.165) is 5.56 Å². The lowest BCUT2D eigenvalue weighted by molar-refractivity contribution is 0.0635. The van der Waals surface area contributed by atoms with E-state index in [0.29, 0.717) is 52.9 Å². The van der Waals surface area contributed by atoms with Crippen molar-refractivity contribution in [3.8, 4) is 22.8 Å². The first-order valence-electron chi connectivity index (χ1n) is 9.99. The Morgan fingerprint density at radius 3 is 2.58 bits per heavy atom. The number of hydrogen-bond donors (Lipinski definition) is 2. The lowest BCUT2D eigenvalue weighted by Gasteiger charge is -2.19. The van der Waals surface area contributed by atoms with E-state index in [1.807, 2.05) is 6.92 Å². The number of aryl methyl sites for hydroxylation is 2. The van der Waals surface area contributed by atoms with Gasteiger partial charge in [0.1, 0.15) is 34.2 Å². The van der Waals surface area contributed by atoms with Gasteiger partial charge < -0.3 is 23.7 Å². The molecule has 0 radical (unpaired) electrons. The van der Waals surface area contributed by atoms with Crippen molar-refractivity contribution in [3.63, 3.8) is 0 Å². The summed E-state index contributed by atoms with van der Waals surface area (Å²) >= 11 is 0. The molecule has 0 aliphatic heterocycles. The summed E-state index contributed by atoms with van der Waals surface area (Å²) in [4.78, 5) is 12.4. The van der Waals surface area contributed by atoms with Gasteiger partial charge in [-0.15, -0.1) is 0 Å². The highest BCUT2D eigenvalue weighted by atomic mass is 16.6. The maximum absolute atomic E-state index is 12.4. The van der Waals surface area contributed by atoms with Gasteiger partial charge in [-0.3, -0.25) is 5.32 Å². The highest BCUT2D eigenvalue weighted by Gasteiger charge is 2.27. The number of aromatic hydroxyl groups is 1. The zero-order valence-corrected chi connectivity index (χ0v) is 19.0. The number of aromatic nitrogens is 2. The molecule has 0 bridgehead atoms. The summed E-state index contributed by atoms with van der Waals surface area (Å²) in [6, 6.07) is 3.41. The number of hydrogen-bond acceptors (Lipinski definition) is 7. The molecule has 2 N–H and O–H groups in total. The van der Waals surface area contributed by atoms with E-state index in [1.165, 1.54) is 7.11 Å². The number of amides is 1. The smallest absolute Gasteiger partial charge is 0.412 e. The van der Waals surface area contributed by atoms with Gasteiger partial charge in [-0.05, 0) is 51.8 Å². The van der Waals surface area contributed by atoms with Crippen LogP contribution in [0, 0.1) is 6.92 Å². The first-order chi connectivity index (χ1) is 14.6. The molecular weight excluding hydrogens is 402 g/mol. The second-order valence-electron chi connectivity index (χ2n) is 8.15. The number of ether oxygens (including phenoxy) is 3. The molecule has 0 unspecified atom stereocenters. The SMILES string of the molecule is CCc1nn2c(-c3c(O)cc(COC)cc3OC)c(C)oc2c1NC(=O)OC(C)(C)C. The lowest BCUT2D eigenvalue weighted by Crippen LogP contribution is -2.27. The van der Waals surface area contributed by atoms with Crippen LogP contribution in [0.3, 0.4) is 0 Å². The molecule has 168 valence electrons. The van der Waals surface area contributed by atoms with Crippen LogP contribution in [0.4, 0.5) is 10.5 Å². The van der Waals surface area contributed by atoms with Gasteiger partial charge >= 0.3 is 6.09 Å². The van der Waals surface area contributed by atoms with E-state index in [9.17, 15) is 9.90 Å². The van der Waals surface area contributed by atoms with Crippen LogP contribution >= 0.6 is 0 Å². The van der Waals surface area contributed by atoms with Gasteiger partial charge in [0, 0.05) is 7.11 Å². The zero-order chi connectivity index (χ0) is 22.9. The second-order valence-corrected chi connectivity index (χ2v) is 8.15. The minimum Gasteiger partial charge on any atom is -0.507 e. The average Bonchev–Trinajstić information content (AvgIpc) is 3.15. The number of anilines is 1. The van der Waals surface area contributed by atoms with E-state index in [4.69, 9.17) is 18.6 Å². The Bertz CT molecular complexity index is 1110. The van der Waals surface area contributed by atoms with Crippen LogP contribution in [0.1, 0.15) is 44.7 Å². The third kappa shape index (κ3) is 4.46. The summed E-state index contributed by atoms with van der Waals surface area (Å²) in [5.74, 6) is 0.964. The Morgan fingerprint density at radius 1 is 1.29 bits per heavy atom. The fourth-order valence-electron chi connectivity index (χ4n) is 3.40. The molecule has 1 aromatic carbocycles. The average molecular weight is 431 g/mol. The van der Waals surface area contributed by atoms with Crippen molar-refractivity contribution in [2.45, 2.75) is 53.2 Å². The minimum absolute atomic E-state index is 0.00685. The van der Waals surface area contributed by atoms with Crippen molar-refractivity contribution in [1.82, 2.24) is 9.61 Å². The van der Waals surface area contributed by atoms with Gasteiger partial charge in [0.2, 0.25) is 5.71 Å². The monoisotopic (exact) mass is 431 g/mol. The maximum Gasteiger partial charge on any atom is 0.412 e. The molecule has 0 saturated heterocycles. The number of rotatable bonds is 6. The standard InChI is InChI=1S/C22H29N3O6/c1-8-14-18(23-21(27)31-22(3,4)5)20-25(24-14)19(12(2)30-20)17-15(26)9-13(11-28-6)10-16(17)29-7/h9-10,26H,8,11H2,1-7H3,(H,23,27). The van der Waals surface area contributed by atoms with Gasteiger partial charge in [0.15, 0.2) is 0 Å². The number of fused-ring (bicyclic) bond motifs is 1. The van der Waals surface area contributed by atoms with Crippen LogP contribution in [0.2, 0.25) is 0 Å². The number of oxazole rings is 1. The first kappa shape index (κ1) is 22.5. The van der Waals surface area contributed by atoms with Crippen LogP contribution in [0.5, 0.6) is 11.5 Å². The minimum atomic E-state index is -0.643. The summed E-state index contributed by atoms with van der Waals surface area (Å²) in [6.07, 6.45) is -0.0477. The Labute approximate surface area is 180 Å². The van der Waals surface area contributed by atoms with Gasteiger partial charge in [-0.2, -0.15) is 9.61 Å². The molecule has 0 fully saturated rings. The fraction of sp³-hybridized carbons (Fsp3) is 0.455. The zero-order valence-electron chi connectivity index (χ0n) is 19.0. The van der Waals surface area contributed by atoms with Crippen LogP contribution in [-0.2, 0) is 22.5 Å². The number of methoxy groups -OCH3 is 2. The second kappa shape index (κ2) is 8.50. The van der Waals surface area contributed by atoms with E-state index in [2.05, 4.69) is 10.4 Å². The summed E-state index contributed by atoms with van der Waals surface area (Å²) in [6.45, 7) is 9.38. The van der Waals surface area contributed by atoms with Crippen molar-refractivity contribution >= 4 is 17.5 Å². The van der Waals surface area contributed by atoms with Crippen molar-refractivity contribution in [3.05, 3.63) is 29.2 Å². The van der Waals surface area contributed by atoms with E-state index in [1.54, 1.807) is 51.5 Å². The van der Waals surface area contributed by atoms with E-state index in [-0.39, 0.29) is 5.75 Å². The number of nitrogens with zero attached hydrogens (tertiary/aromatic N) is 2. The molecule has 3 rings (SSSR count). The molecule has 31 heavy (non-hydrogen) atoms. The Balaban J connectivity index is 2.15. The topological polar surface area (TPSA) is 107 Å². The molecule has 0 aliphatic carbocycles. The van der Waals surface area contributed by atoms with Gasteiger partial charge in [0.05, 0.1) is 25.0 Å². The fourth-order valence-corrected chi connectivity index (χ4v) is 3.40. The Kier molecular flexibility index (Phi) is 6.17. The van der Waals surface area contributed by atoms with Crippen LogP contribution in [-0.4, -0.2) is 40.6 Å². The number of carbonyl (C=O) groups is 1. The first-order valence-corrected chi connectivity index (χ1v) is 9.99. The Morgan fingerprint density at radius 2 is 2.00 bits per heavy atom. The predicted octanol–water partition coefficient (Wildman–Crippen LogP) is 4.67. The number of carbonyl (C=O) groups excluding carboxylic acids is 1. The highest BCUT2D eigenvalue weighted by molar-refractivity contribution is 5.91. The number of benzene rings is 1. The molecule has 0 atom stereocenters. The highest BCUT2D eigenvalue weighted by Crippen LogP contribution is 2.43. The molecule has 2 aromatic heterocycles. The molecule has 9 nitrogen and oxygen atoms in total. The molecule has 0 saturated carbocycles. The molecule has 2 heterocycles. The van der Waals surface area contributed by atoms with Crippen LogP contribution in [0.25, 0.3) is 17.0 Å². The molecular formula is C22H29N3O6. The number of nitrogens with one attached hydrogen (secondary N) is 1. The lowest BCUT2D eigenvalue weighted by atomic mass is 10.0. The number of phenolic OH excluding ortho intramolecular Hbond substituents is 1. The van der Waals surface area contributed by atoms with E-state index < -0.39 is 11.7 Å². The van der Waals surface area contributed by atoms with Crippen molar-refractivity contribution in [1.29, 1.82) is 0 Å². The molecule has 0 aliphatic rings. The van der Waals surface area contributed by atoms with Crippen LogP contribution in [0.15, 0.2) is 16.5 Å².